The van der Waals surface area contributed by atoms with Crippen molar-refractivity contribution in [3.05, 3.63) is 23.5 Å². The van der Waals surface area contributed by atoms with Crippen molar-refractivity contribution < 1.29 is 9.53 Å². The Morgan fingerprint density at radius 3 is 2.24 bits per heavy atom. The predicted octanol–water partition coefficient (Wildman–Crippen LogP) is 3.45. The van der Waals surface area contributed by atoms with Gasteiger partial charge in [-0.1, -0.05) is 44.2 Å². The Hall–Kier alpha value is 0.675. The van der Waals surface area contributed by atoms with Gasteiger partial charge in [0.05, 0.1) is 0 Å². The first-order valence-electron chi connectivity index (χ1n) is 4.87. The lowest BCUT2D eigenvalue weighted by molar-refractivity contribution is -0.144. The maximum absolute atomic E-state index is 11.2. The monoisotopic (exact) mass is 488 g/mol. The van der Waals surface area contributed by atoms with Gasteiger partial charge in [0.15, 0.2) is 0 Å². The van der Waals surface area contributed by atoms with E-state index in [1.54, 1.807) is 6.92 Å². The van der Waals surface area contributed by atoms with Crippen LogP contribution in [0.2, 0.25) is 0 Å². The van der Waals surface area contributed by atoms with Crippen LogP contribution in [0.4, 0.5) is 0 Å². The summed E-state index contributed by atoms with van der Waals surface area (Å²) in [4.78, 5) is 11.2. The third kappa shape index (κ3) is 3.58. The van der Waals surface area contributed by atoms with Gasteiger partial charge in [-0.2, -0.15) is 0 Å². The molecule has 17 heavy (non-hydrogen) atoms. The summed E-state index contributed by atoms with van der Waals surface area (Å²) in [5.74, 6) is -0.208. The summed E-state index contributed by atoms with van der Waals surface area (Å²) in [6.45, 7) is 2.02. The number of carbonyl (C=O) groups excluding carboxylic acids is 1. The fraction of sp³-hybridized carbons (Fsp3) is 0.300. The topological polar surface area (TPSA) is 26.3 Å². The fourth-order valence-electron chi connectivity index (χ4n) is 1.19. The van der Waals surface area contributed by atoms with E-state index in [2.05, 4.69) is 63.7 Å². The smallest absolute Gasteiger partial charge is 0.305 e. The Morgan fingerprint density at radius 2 is 1.71 bits per heavy atom. The molecule has 1 aromatic rings. The summed E-state index contributed by atoms with van der Waals surface area (Å²) in [6.07, 6.45) is 0.381. The number of hydrogen-bond donors (Lipinski definition) is 0. The minimum Gasteiger partial charge on any atom is -0.461 e. The van der Waals surface area contributed by atoms with E-state index in [4.69, 9.17) is 4.74 Å². The van der Waals surface area contributed by atoms with Crippen LogP contribution in [0.25, 0.3) is 0 Å². The molecule has 0 unspecified atom stereocenters. The van der Waals surface area contributed by atoms with Crippen LogP contribution in [0.5, 0.6) is 0 Å². The van der Waals surface area contributed by atoms with Gasteiger partial charge < -0.3 is 4.74 Å². The first-order valence-corrected chi connectivity index (χ1v) is 8.04. The van der Waals surface area contributed by atoms with Crippen molar-refractivity contribution in [3.63, 3.8) is 0 Å². The largest absolute Gasteiger partial charge is 0.461 e. The minimum atomic E-state index is -0.208. The van der Waals surface area contributed by atoms with Crippen molar-refractivity contribution in [3.8, 4) is 0 Å². The minimum absolute atomic E-state index is 0.208. The van der Waals surface area contributed by atoms with E-state index < -0.39 is 0 Å². The molecule has 0 heterocycles. The molecular weight excluding hydrogens is 483 g/mol. The second-order valence-electron chi connectivity index (χ2n) is 3.37. The van der Waals surface area contributed by atoms with Gasteiger partial charge in [-0.05, 0) is 31.9 Å². The molecule has 0 atom stereocenters. The van der Waals surface area contributed by atoms with Crippen LogP contribution in [-0.2, 0) is 16.1 Å². The zero-order chi connectivity index (χ0) is 13.2. The third-order valence-electron chi connectivity index (χ3n) is 2.24. The van der Waals surface area contributed by atoms with Crippen LogP contribution in [0.1, 0.15) is 18.9 Å². The molecule has 0 aliphatic heterocycles. The molecule has 1 rings (SSSR count). The Bertz CT molecular complexity index is 433. The molecule has 1 aromatic carbocycles. The summed E-state index contributed by atoms with van der Waals surface area (Å²) in [5, 5.41) is 0. The van der Waals surface area contributed by atoms with E-state index in [0.717, 1.165) is 28.9 Å². The first-order chi connectivity index (χ1) is 7.90. The number of ether oxygens (including phenoxy) is 1. The second kappa shape index (κ2) is 6.73. The number of hydrogen-bond acceptors (Lipinski definition) is 2. The van der Waals surface area contributed by atoms with Gasteiger partial charge in [-0.25, -0.2) is 0 Å². The molecule has 0 aliphatic rings. The number of carbonyl (C=O) groups is 1. The van der Waals surface area contributed by atoms with Crippen LogP contribution >= 0.6 is 63.7 Å². The Kier molecular flexibility index (Phi) is 6.23. The summed E-state index contributed by atoms with van der Waals surface area (Å²) >= 11 is 14.0. The van der Waals surface area contributed by atoms with Gasteiger partial charge in [-0.15, -0.1) is 0 Å². The number of benzene rings is 1. The summed E-state index contributed by atoms with van der Waals surface area (Å²) < 4.78 is 8.86. The number of halogens is 4. The van der Waals surface area contributed by atoms with Crippen LogP contribution in [-0.4, -0.2) is 13.8 Å². The molecule has 0 saturated carbocycles. The highest BCUT2D eigenvalue weighted by Crippen LogP contribution is 2.36. The summed E-state index contributed by atoms with van der Waals surface area (Å²) in [6, 6.07) is 0. The lowest BCUT2D eigenvalue weighted by Gasteiger charge is -2.14. The van der Waals surface area contributed by atoms with E-state index in [0.29, 0.717) is 6.42 Å². The molecule has 0 aliphatic carbocycles. The normalized spacial score (nSPS) is 10.4. The van der Waals surface area contributed by atoms with Crippen LogP contribution in [0, 0.1) is 0 Å². The Morgan fingerprint density at radius 1 is 1.12 bits per heavy atom. The first kappa shape index (κ1) is 15.7. The van der Waals surface area contributed by atoms with Gasteiger partial charge in [0.2, 0.25) is 0 Å². The average Bonchev–Trinajstić information content (AvgIpc) is 2.33. The molecule has 0 saturated heterocycles. The maximum Gasteiger partial charge on any atom is 0.305 e. The van der Waals surface area contributed by atoms with E-state index in [1.807, 2.05) is 7.85 Å². The molecule has 0 spiro atoms. The fourth-order valence-corrected chi connectivity index (χ4v) is 3.95. The Labute approximate surface area is 135 Å². The van der Waals surface area contributed by atoms with Crippen molar-refractivity contribution in [1.29, 1.82) is 0 Å². The molecule has 92 valence electrons. The molecule has 0 bridgehead atoms. The lowest BCUT2D eigenvalue weighted by Crippen LogP contribution is -2.13. The third-order valence-corrected chi connectivity index (χ3v) is 7.04. The zero-order valence-corrected chi connectivity index (χ0v) is 15.6. The van der Waals surface area contributed by atoms with Crippen molar-refractivity contribution in [1.82, 2.24) is 0 Å². The van der Waals surface area contributed by atoms with Gasteiger partial charge in [0.25, 0.3) is 0 Å². The van der Waals surface area contributed by atoms with Crippen LogP contribution in [0.15, 0.2) is 17.9 Å². The molecule has 0 amide bonds. The summed E-state index contributed by atoms with van der Waals surface area (Å²) in [7, 11) is 1.98. The highest BCUT2D eigenvalue weighted by atomic mass is 79.9. The van der Waals surface area contributed by atoms with Crippen molar-refractivity contribution in [2.24, 2.45) is 0 Å². The molecule has 0 radical (unpaired) electrons. The summed E-state index contributed by atoms with van der Waals surface area (Å²) in [5.41, 5.74) is 1.97. The highest BCUT2D eigenvalue weighted by molar-refractivity contribution is 9.14. The maximum atomic E-state index is 11.2. The lowest BCUT2D eigenvalue weighted by atomic mass is 9.94. The molecule has 0 fully saturated rings. The molecular formula is C10H9BBr4O2. The molecule has 0 N–H and O–H groups in total. The van der Waals surface area contributed by atoms with Gasteiger partial charge in [0, 0.05) is 29.9 Å². The van der Waals surface area contributed by atoms with E-state index in [9.17, 15) is 4.79 Å². The Balaban J connectivity index is 3.12. The molecule has 2 nitrogen and oxygen atoms in total. The average molecular weight is 492 g/mol. The van der Waals surface area contributed by atoms with E-state index in [1.165, 1.54) is 0 Å². The van der Waals surface area contributed by atoms with E-state index in [-0.39, 0.29) is 12.6 Å². The second-order valence-corrected chi connectivity index (χ2v) is 6.55. The van der Waals surface area contributed by atoms with Crippen molar-refractivity contribution in [2.75, 3.05) is 0 Å². The molecule has 0 aromatic heterocycles. The zero-order valence-electron chi connectivity index (χ0n) is 9.24. The standard InChI is InChI=1S/C10H9BBr4O2/c1-2-5(16)17-3-4-7(12)6(11)9(14)10(15)8(4)13/h2-3,11H2,1H3. The van der Waals surface area contributed by atoms with Gasteiger partial charge in [-0.3, -0.25) is 4.79 Å². The number of rotatable bonds is 3. The quantitative estimate of drug-likeness (QED) is 0.280. The van der Waals surface area contributed by atoms with Gasteiger partial charge in [0.1, 0.15) is 14.5 Å². The van der Waals surface area contributed by atoms with Crippen LogP contribution in [0.3, 0.4) is 0 Å². The van der Waals surface area contributed by atoms with E-state index >= 15 is 0 Å². The van der Waals surface area contributed by atoms with Crippen molar-refractivity contribution in [2.45, 2.75) is 20.0 Å². The SMILES string of the molecule is Bc1c(Br)c(Br)c(Br)c(COC(=O)CC)c1Br. The predicted molar refractivity (Wildman–Crippen MR) is 85.5 cm³/mol. The van der Waals surface area contributed by atoms with Gasteiger partial charge >= 0.3 is 5.97 Å². The highest BCUT2D eigenvalue weighted by Gasteiger charge is 2.17. The van der Waals surface area contributed by atoms with Crippen LogP contribution < -0.4 is 5.46 Å². The van der Waals surface area contributed by atoms with Crippen molar-refractivity contribution >= 4 is 83.0 Å². The number of esters is 1. The molecule has 7 heteroatoms.